The van der Waals surface area contributed by atoms with Gasteiger partial charge in [-0.2, -0.15) is 0 Å². The van der Waals surface area contributed by atoms with E-state index in [1.54, 1.807) is 32.4 Å². The van der Waals surface area contributed by atoms with Crippen molar-refractivity contribution < 1.29 is 14.3 Å². The smallest absolute Gasteiger partial charge is 0.176 e. The van der Waals surface area contributed by atoms with Gasteiger partial charge in [-0.05, 0) is 24.3 Å². The summed E-state index contributed by atoms with van der Waals surface area (Å²) in [7, 11) is 3.13. The van der Waals surface area contributed by atoms with Crippen LogP contribution in [-0.4, -0.2) is 30.7 Å². The lowest BCUT2D eigenvalue weighted by atomic mass is 10.1. The molecule has 0 radical (unpaired) electrons. The second-order valence-electron chi connectivity index (χ2n) is 5.12. The van der Waals surface area contributed by atoms with Crippen molar-refractivity contribution in [2.24, 2.45) is 0 Å². The van der Waals surface area contributed by atoms with Gasteiger partial charge in [0.1, 0.15) is 11.5 Å². The number of aromatic nitrogens is 1. The van der Waals surface area contributed by atoms with Gasteiger partial charge in [0.2, 0.25) is 0 Å². The topological polar surface area (TPSA) is 48.4 Å². The van der Waals surface area contributed by atoms with Gasteiger partial charge in [0.25, 0.3) is 0 Å². The van der Waals surface area contributed by atoms with Crippen molar-refractivity contribution in [3.63, 3.8) is 0 Å². The number of thioether (sulfide) groups is 1. The van der Waals surface area contributed by atoms with Gasteiger partial charge in [0, 0.05) is 11.5 Å². The molecule has 0 N–H and O–H groups in total. The van der Waals surface area contributed by atoms with Crippen molar-refractivity contribution in [3.05, 3.63) is 60.2 Å². The molecule has 1 aromatic heterocycles. The first-order valence-electron chi connectivity index (χ1n) is 7.45. The highest BCUT2D eigenvalue weighted by Gasteiger charge is 2.14. The minimum Gasteiger partial charge on any atom is -0.497 e. The second-order valence-corrected chi connectivity index (χ2v) is 6.12. The molecule has 0 unspecified atom stereocenters. The monoisotopic (exact) mass is 339 g/mol. The highest BCUT2D eigenvalue weighted by Crippen LogP contribution is 2.27. The first-order chi connectivity index (χ1) is 11.7. The molecule has 2 aromatic carbocycles. The Hall–Kier alpha value is -2.53. The molecule has 1 heterocycles. The van der Waals surface area contributed by atoms with E-state index in [0.29, 0.717) is 22.8 Å². The van der Waals surface area contributed by atoms with E-state index < -0.39 is 0 Å². The Balaban J connectivity index is 1.74. The molecular weight excluding hydrogens is 322 g/mol. The number of pyridine rings is 1. The van der Waals surface area contributed by atoms with E-state index in [1.807, 2.05) is 36.4 Å². The third kappa shape index (κ3) is 3.51. The number of Topliss-reactive ketones (excluding diaryl/α,β-unsaturated/α-hetero) is 1. The SMILES string of the molecule is COc1ccc(C(=O)CSc2ccc3ccccc3n2)c(OC)c1. The van der Waals surface area contributed by atoms with Crippen LogP contribution in [0.1, 0.15) is 10.4 Å². The lowest BCUT2D eigenvalue weighted by Crippen LogP contribution is -2.05. The molecule has 0 fully saturated rings. The number of carbonyl (C=O) groups excluding carboxylic acids is 1. The van der Waals surface area contributed by atoms with E-state index >= 15 is 0 Å². The van der Waals surface area contributed by atoms with Crippen molar-refractivity contribution in [3.8, 4) is 11.5 Å². The summed E-state index contributed by atoms with van der Waals surface area (Å²) in [6.07, 6.45) is 0. The van der Waals surface area contributed by atoms with E-state index in [1.165, 1.54) is 11.8 Å². The number of fused-ring (bicyclic) bond motifs is 1. The lowest BCUT2D eigenvalue weighted by Gasteiger charge is -2.09. The number of carbonyl (C=O) groups is 1. The zero-order valence-electron chi connectivity index (χ0n) is 13.5. The number of hydrogen-bond donors (Lipinski definition) is 0. The molecule has 0 amide bonds. The van der Waals surface area contributed by atoms with Crippen molar-refractivity contribution in [1.29, 1.82) is 0 Å². The minimum absolute atomic E-state index is 0.00513. The second kappa shape index (κ2) is 7.36. The fraction of sp³-hybridized carbons (Fsp3) is 0.158. The first-order valence-corrected chi connectivity index (χ1v) is 8.43. The van der Waals surface area contributed by atoms with Crippen LogP contribution in [0.15, 0.2) is 59.6 Å². The third-order valence-corrected chi connectivity index (χ3v) is 4.56. The maximum atomic E-state index is 12.5. The Kier molecular flexibility index (Phi) is 5.01. The molecule has 24 heavy (non-hydrogen) atoms. The summed E-state index contributed by atoms with van der Waals surface area (Å²) < 4.78 is 10.4. The fourth-order valence-corrected chi connectivity index (χ4v) is 3.14. The van der Waals surface area contributed by atoms with Gasteiger partial charge in [-0.25, -0.2) is 4.98 Å². The molecule has 122 valence electrons. The predicted molar refractivity (Wildman–Crippen MR) is 96.3 cm³/mol. The van der Waals surface area contributed by atoms with Gasteiger partial charge in [-0.3, -0.25) is 4.79 Å². The van der Waals surface area contributed by atoms with E-state index in [4.69, 9.17) is 9.47 Å². The molecule has 3 rings (SSSR count). The van der Waals surface area contributed by atoms with Gasteiger partial charge in [-0.1, -0.05) is 36.0 Å². The Morgan fingerprint density at radius 2 is 1.88 bits per heavy atom. The maximum Gasteiger partial charge on any atom is 0.176 e. The summed E-state index contributed by atoms with van der Waals surface area (Å²) in [4.78, 5) is 17.1. The number of para-hydroxylation sites is 1. The van der Waals surface area contributed by atoms with Crippen LogP contribution in [-0.2, 0) is 0 Å². The molecule has 0 atom stereocenters. The molecule has 0 spiro atoms. The van der Waals surface area contributed by atoms with Crippen LogP contribution in [0.4, 0.5) is 0 Å². The maximum absolute atomic E-state index is 12.5. The number of ketones is 1. The Morgan fingerprint density at radius 3 is 2.67 bits per heavy atom. The largest absolute Gasteiger partial charge is 0.497 e. The standard InChI is InChI=1S/C19H17NO3S/c1-22-14-8-9-15(18(11-14)23-2)17(21)12-24-19-10-7-13-5-3-4-6-16(13)20-19/h3-11H,12H2,1-2H3. The summed E-state index contributed by atoms with van der Waals surface area (Å²) >= 11 is 1.42. The van der Waals surface area contributed by atoms with Gasteiger partial charge < -0.3 is 9.47 Å². The van der Waals surface area contributed by atoms with E-state index in [9.17, 15) is 4.79 Å². The van der Waals surface area contributed by atoms with E-state index in [2.05, 4.69) is 4.98 Å². The van der Waals surface area contributed by atoms with Crippen molar-refractivity contribution >= 4 is 28.4 Å². The summed E-state index contributed by atoms with van der Waals surface area (Å²) in [5.41, 5.74) is 1.48. The van der Waals surface area contributed by atoms with Crippen molar-refractivity contribution in [2.45, 2.75) is 5.03 Å². The molecule has 4 nitrogen and oxygen atoms in total. The average Bonchev–Trinajstić information content (AvgIpc) is 2.65. The van der Waals surface area contributed by atoms with E-state index in [0.717, 1.165) is 15.9 Å². The summed E-state index contributed by atoms with van der Waals surface area (Å²) in [5, 5.41) is 1.92. The van der Waals surface area contributed by atoms with Gasteiger partial charge in [-0.15, -0.1) is 0 Å². The quantitative estimate of drug-likeness (QED) is 0.497. The van der Waals surface area contributed by atoms with E-state index in [-0.39, 0.29) is 5.78 Å². The van der Waals surface area contributed by atoms with Crippen LogP contribution < -0.4 is 9.47 Å². The molecule has 5 heteroatoms. The molecule has 0 saturated carbocycles. The summed E-state index contributed by atoms with van der Waals surface area (Å²) in [6, 6.07) is 17.1. The Labute approximate surface area is 144 Å². The van der Waals surface area contributed by atoms with Gasteiger partial charge in [0.15, 0.2) is 5.78 Å². The molecular formula is C19H17NO3S. The van der Waals surface area contributed by atoms with Crippen LogP contribution in [0.2, 0.25) is 0 Å². The predicted octanol–water partition coefficient (Wildman–Crippen LogP) is 4.23. The molecule has 0 aliphatic carbocycles. The zero-order chi connectivity index (χ0) is 16.9. The third-order valence-electron chi connectivity index (χ3n) is 3.63. The molecule has 0 aliphatic heterocycles. The normalized spacial score (nSPS) is 10.6. The number of nitrogens with zero attached hydrogens (tertiary/aromatic N) is 1. The van der Waals surface area contributed by atoms with Crippen LogP contribution in [0.5, 0.6) is 11.5 Å². The highest BCUT2D eigenvalue weighted by atomic mass is 32.2. The number of rotatable bonds is 6. The summed E-state index contributed by atoms with van der Waals surface area (Å²) in [5.74, 6) is 1.47. The zero-order valence-corrected chi connectivity index (χ0v) is 14.3. The van der Waals surface area contributed by atoms with Crippen molar-refractivity contribution in [1.82, 2.24) is 4.98 Å². The van der Waals surface area contributed by atoms with Crippen LogP contribution >= 0.6 is 11.8 Å². The molecule has 0 saturated heterocycles. The van der Waals surface area contributed by atoms with Gasteiger partial charge >= 0.3 is 0 Å². The Morgan fingerprint density at radius 1 is 1.04 bits per heavy atom. The molecule has 3 aromatic rings. The summed E-state index contributed by atoms with van der Waals surface area (Å²) in [6.45, 7) is 0. The van der Waals surface area contributed by atoms with Crippen LogP contribution in [0.25, 0.3) is 10.9 Å². The Bertz CT molecular complexity index is 879. The number of hydrogen-bond acceptors (Lipinski definition) is 5. The number of methoxy groups -OCH3 is 2. The average molecular weight is 339 g/mol. The van der Waals surface area contributed by atoms with Gasteiger partial charge in [0.05, 0.1) is 36.1 Å². The van der Waals surface area contributed by atoms with Crippen molar-refractivity contribution in [2.75, 3.05) is 20.0 Å². The highest BCUT2D eigenvalue weighted by molar-refractivity contribution is 7.99. The number of benzene rings is 2. The van der Waals surface area contributed by atoms with Crippen LogP contribution in [0.3, 0.4) is 0 Å². The number of ether oxygens (including phenoxy) is 2. The fourth-order valence-electron chi connectivity index (χ4n) is 2.37. The molecule has 0 bridgehead atoms. The first kappa shape index (κ1) is 16.3. The van der Waals surface area contributed by atoms with Crippen LogP contribution in [0, 0.1) is 0 Å². The molecule has 0 aliphatic rings. The lowest BCUT2D eigenvalue weighted by molar-refractivity contribution is 0.101. The minimum atomic E-state index is -0.00513.